The first-order valence-electron chi connectivity index (χ1n) is 5.48. The van der Waals surface area contributed by atoms with E-state index in [4.69, 9.17) is 10.5 Å². The van der Waals surface area contributed by atoms with Gasteiger partial charge in [0.1, 0.15) is 13.2 Å². The van der Waals surface area contributed by atoms with E-state index in [-0.39, 0.29) is 18.8 Å². The molecule has 0 saturated carbocycles. The van der Waals surface area contributed by atoms with E-state index >= 15 is 0 Å². The highest BCUT2D eigenvalue weighted by molar-refractivity contribution is 5.95. The van der Waals surface area contributed by atoms with Crippen molar-refractivity contribution in [3.63, 3.8) is 0 Å². The molecular formula is C12H14F3NO3. The number of alkyl halides is 3. The Balaban J connectivity index is 2.38. The van der Waals surface area contributed by atoms with Gasteiger partial charge in [-0.1, -0.05) is 12.1 Å². The highest BCUT2D eigenvalue weighted by atomic mass is 19.4. The number of ether oxygens (including phenoxy) is 2. The molecule has 0 aromatic heterocycles. The number of nitrogens with two attached hydrogens (primary N) is 1. The van der Waals surface area contributed by atoms with E-state index in [9.17, 15) is 18.0 Å². The van der Waals surface area contributed by atoms with Crippen molar-refractivity contribution >= 4 is 11.7 Å². The lowest BCUT2D eigenvalue weighted by molar-refractivity contribution is -0.175. The van der Waals surface area contributed by atoms with Crippen molar-refractivity contribution in [2.24, 2.45) is 0 Å². The standard InChI is InChI=1S/C12H14F3NO3/c1-8-3-2-4-9(10(8)16)11(17)19-6-5-18-7-12(13,14)15/h2-4H,5-7,16H2,1H3. The Bertz CT molecular complexity index is 446. The number of aryl methyl sites for hydroxylation is 1. The van der Waals surface area contributed by atoms with Crippen LogP contribution in [0.15, 0.2) is 18.2 Å². The predicted molar refractivity (Wildman–Crippen MR) is 62.7 cm³/mol. The van der Waals surface area contributed by atoms with Gasteiger partial charge in [-0.05, 0) is 18.6 Å². The van der Waals surface area contributed by atoms with Gasteiger partial charge in [0.15, 0.2) is 0 Å². The minimum Gasteiger partial charge on any atom is -0.460 e. The van der Waals surface area contributed by atoms with Crippen LogP contribution in [0, 0.1) is 6.92 Å². The molecule has 2 N–H and O–H groups in total. The van der Waals surface area contributed by atoms with Crippen LogP contribution in [0.1, 0.15) is 15.9 Å². The van der Waals surface area contributed by atoms with E-state index in [1.165, 1.54) is 6.07 Å². The van der Waals surface area contributed by atoms with Gasteiger partial charge in [-0.2, -0.15) is 13.2 Å². The molecule has 106 valence electrons. The lowest BCUT2D eigenvalue weighted by Crippen LogP contribution is -2.20. The number of carbonyl (C=O) groups is 1. The number of nitrogen functional groups attached to an aromatic ring is 1. The van der Waals surface area contributed by atoms with Crippen molar-refractivity contribution in [2.45, 2.75) is 13.1 Å². The summed E-state index contributed by atoms with van der Waals surface area (Å²) < 4.78 is 44.3. The van der Waals surface area contributed by atoms with Crippen LogP contribution in [0.5, 0.6) is 0 Å². The highest BCUT2D eigenvalue weighted by Crippen LogP contribution is 2.17. The molecule has 0 unspecified atom stereocenters. The van der Waals surface area contributed by atoms with Gasteiger partial charge in [0.2, 0.25) is 0 Å². The molecule has 0 amide bonds. The van der Waals surface area contributed by atoms with Crippen LogP contribution in [0.2, 0.25) is 0 Å². The summed E-state index contributed by atoms with van der Waals surface area (Å²) in [6, 6.07) is 4.86. The van der Waals surface area contributed by atoms with Gasteiger partial charge in [-0.25, -0.2) is 4.79 Å². The SMILES string of the molecule is Cc1cccc(C(=O)OCCOCC(F)(F)F)c1N. The Labute approximate surface area is 108 Å². The predicted octanol–water partition coefficient (Wildman–Crippen LogP) is 2.31. The molecule has 0 aliphatic carbocycles. The van der Waals surface area contributed by atoms with Crippen LogP contribution in [0.25, 0.3) is 0 Å². The third-order valence-corrected chi connectivity index (χ3v) is 2.27. The third-order valence-electron chi connectivity index (χ3n) is 2.27. The zero-order valence-electron chi connectivity index (χ0n) is 10.3. The van der Waals surface area contributed by atoms with E-state index in [1.807, 2.05) is 0 Å². The Hall–Kier alpha value is -1.76. The molecule has 0 heterocycles. The second-order valence-electron chi connectivity index (χ2n) is 3.84. The first kappa shape index (κ1) is 15.3. The molecule has 0 aliphatic heterocycles. The molecule has 1 aromatic carbocycles. The summed E-state index contributed by atoms with van der Waals surface area (Å²) in [7, 11) is 0. The molecule has 0 radical (unpaired) electrons. The third kappa shape index (κ3) is 5.17. The molecule has 0 aliphatic rings. The molecule has 4 nitrogen and oxygen atoms in total. The number of carbonyl (C=O) groups excluding carboxylic acids is 1. The van der Waals surface area contributed by atoms with Gasteiger partial charge in [0.05, 0.1) is 12.2 Å². The summed E-state index contributed by atoms with van der Waals surface area (Å²) in [4.78, 5) is 11.6. The summed E-state index contributed by atoms with van der Waals surface area (Å²) in [6.07, 6.45) is -4.38. The largest absolute Gasteiger partial charge is 0.460 e. The van der Waals surface area contributed by atoms with Gasteiger partial charge in [-0.3, -0.25) is 0 Å². The van der Waals surface area contributed by atoms with Gasteiger partial charge < -0.3 is 15.2 Å². The summed E-state index contributed by atoms with van der Waals surface area (Å²) in [5, 5.41) is 0. The van der Waals surface area contributed by atoms with Gasteiger partial charge in [0, 0.05) is 5.69 Å². The van der Waals surface area contributed by atoms with Crippen molar-refractivity contribution in [2.75, 3.05) is 25.6 Å². The molecule has 1 aromatic rings. The Morgan fingerprint density at radius 2 is 2.00 bits per heavy atom. The normalized spacial score (nSPS) is 11.4. The first-order chi connectivity index (χ1) is 8.81. The van der Waals surface area contributed by atoms with Crippen LogP contribution in [-0.4, -0.2) is 32.0 Å². The van der Waals surface area contributed by atoms with Gasteiger partial charge in [-0.15, -0.1) is 0 Å². The molecule has 0 spiro atoms. The Morgan fingerprint density at radius 1 is 1.32 bits per heavy atom. The van der Waals surface area contributed by atoms with Crippen LogP contribution in [0.3, 0.4) is 0 Å². The molecule has 7 heteroatoms. The molecule has 0 bridgehead atoms. The zero-order valence-corrected chi connectivity index (χ0v) is 10.3. The fourth-order valence-electron chi connectivity index (χ4n) is 1.32. The summed E-state index contributed by atoms with van der Waals surface area (Å²) in [5.41, 5.74) is 6.90. The number of anilines is 1. The molecule has 0 saturated heterocycles. The number of rotatable bonds is 5. The zero-order chi connectivity index (χ0) is 14.5. The maximum atomic E-state index is 11.8. The lowest BCUT2D eigenvalue weighted by Gasteiger charge is -2.10. The smallest absolute Gasteiger partial charge is 0.411 e. The number of para-hydroxylation sites is 1. The van der Waals surface area contributed by atoms with E-state index in [2.05, 4.69) is 4.74 Å². The average Bonchev–Trinajstić information content (AvgIpc) is 2.30. The van der Waals surface area contributed by atoms with Crippen molar-refractivity contribution in [1.29, 1.82) is 0 Å². The first-order valence-corrected chi connectivity index (χ1v) is 5.48. The minimum atomic E-state index is -4.38. The molecule has 0 atom stereocenters. The number of benzene rings is 1. The van der Waals surface area contributed by atoms with Gasteiger partial charge >= 0.3 is 12.1 Å². The maximum Gasteiger partial charge on any atom is 0.411 e. The Kier molecular flexibility index (Phi) is 5.17. The average molecular weight is 277 g/mol. The quantitative estimate of drug-likeness (QED) is 0.509. The fraction of sp³-hybridized carbons (Fsp3) is 0.417. The Morgan fingerprint density at radius 3 is 2.63 bits per heavy atom. The van der Waals surface area contributed by atoms with Crippen molar-refractivity contribution in [3.05, 3.63) is 29.3 Å². The summed E-state index contributed by atoms with van der Waals surface area (Å²) in [5.74, 6) is -0.684. The molecule has 19 heavy (non-hydrogen) atoms. The van der Waals surface area contributed by atoms with Crippen molar-refractivity contribution < 1.29 is 27.4 Å². The van der Waals surface area contributed by atoms with Crippen LogP contribution < -0.4 is 5.73 Å². The fourth-order valence-corrected chi connectivity index (χ4v) is 1.32. The van der Waals surface area contributed by atoms with Gasteiger partial charge in [0.25, 0.3) is 0 Å². The van der Waals surface area contributed by atoms with E-state index < -0.39 is 18.8 Å². The topological polar surface area (TPSA) is 61.5 Å². The number of hydrogen-bond donors (Lipinski definition) is 1. The van der Waals surface area contributed by atoms with Crippen LogP contribution in [-0.2, 0) is 9.47 Å². The monoisotopic (exact) mass is 277 g/mol. The van der Waals surface area contributed by atoms with Crippen LogP contribution >= 0.6 is 0 Å². The molecular weight excluding hydrogens is 263 g/mol. The van der Waals surface area contributed by atoms with E-state index in [1.54, 1.807) is 19.1 Å². The van der Waals surface area contributed by atoms with E-state index in [0.29, 0.717) is 5.69 Å². The van der Waals surface area contributed by atoms with Crippen molar-refractivity contribution in [3.8, 4) is 0 Å². The number of halogens is 3. The summed E-state index contributed by atoms with van der Waals surface area (Å²) in [6.45, 7) is -0.213. The summed E-state index contributed by atoms with van der Waals surface area (Å²) >= 11 is 0. The second-order valence-corrected chi connectivity index (χ2v) is 3.84. The second kappa shape index (κ2) is 6.42. The number of hydrogen-bond acceptors (Lipinski definition) is 4. The van der Waals surface area contributed by atoms with E-state index in [0.717, 1.165) is 5.56 Å². The molecule has 0 fully saturated rings. The van der Waals surface area contributed by atoms with Crippen molar-refractivity contribution in [1.82, 2.24) is 0 Å². The minimum absolute atomic E-state index is 0.191. The number of esters is 1. The molecule has 1 rings (SSSR count). The highest BCUT2D eigenvalue weighted by Gasteiger charge is 2.27. The maximum absolute atomic E-state index is 11.8. The lowest BCUT2D eigenvalue weighted by atomic mass is 10.1. The van der Waals surface area contributed by atoms with Crippen LogP contribution in [0.4, 0.5) is 18.9 Å².